The largest absolute Gasteiger partial charge is 0.472 e. The summed E-state index contributed by atoms with van der Waals surface area (Å²) < 4.78 is 22.1. The van der Waals surface area contributed by atoms with Crippen LogP contribution in [0.5, 0.6) is 0 Å². The fourth-order valence-electron chi connectivity index (χ4n) is 6.11. The number of carbonyl (C=O) groups excluding carboxylic acids is 1. The van der Waals surface area contributed by atoms with Crippen LogP contribution in [0.2, 0.25) is 0 Å². The summed E-state index contributed by atoms with van der Waals surface area (Å²) in [5.41, 5.74) is 5.36. The van der Waals surface area contributed by atoms with Crippen LogP contribution in [0, 0.1) is 0 Å². The lowest BCUT2D eigenvalue weighted by molar-refractivity contribution is -0.123. The summed E-state index contributed by atoms with van der Waals surface area (Å²) in [5, 5.41) is 13.7. The molecule has 50 heavy (non-hydrogen) atoms. The summed E-state index contributed by atoms with van der Waals surface area (Å²) in [6, 6.07) is -0.771. The van der Waals surface area contributed by atoms with E-state index < -0.39 is 20.0 Å². The number of carbonyl (C=O) groups is 1. The molecule has 3 unspecified atom stereocenters. The zero-order valence-electron chi connectivity index (χ0n) is 32.6. The molecular formula is C41H81N2O6P. The summed E-state index contributed by atoms with van der Waals surface area (Å²) in [6.45, 7) is 4.16. The van der Waals surface area contributed by atoms with E-state index in [4.69, 9.17) is 14.8 Å². The molecule has 0 saturated carbocycles. The number of phosphoric acid groups is 1. The van der Waals surface area contributed by atoms with Crippen molar-refractivity contribution in [3.05, 3.63) is 24.3 Å². The van der Waals surface area contributed by atoms with Gasteiger partial charge in [0, 0.05) is 13.0 Å². The van der Waals surface area contributed by atoms with Gasteiger partial charge in [-0.3, -0.25) is 13.8 Å². The van der Waals surface area contributed by atoms with Gasteiger partial charge in [0.15, 0.2) is 0 Å². The zero-order valence-corrected chi connectivity index (χ0v) is 33.5. The number of phosphoric ester groups is 1. The maximum Gasteiger partial charge on any atom is 0.472 e. The highest BCUT2D eigenvalue weighted by molar-refractivity contribution is 7.47. The number of amides is 1. The Kier molecular flexibility index (Phi) is 37.0. The van der Waals surface area contributed by atoms with E-state index in [1.54, 1.807) is 0 Å². The summed E-state index contributed by atoms with van der Waals surface area (Å²) in [6.07, 6.45) is 42.0. The zero-order chi connectivity index (χ0) is 36.8. The van der Waals surface area contributed by atoms with E-state index >= 15 is 0 Å². The van der Waals surface area contributed by atoms with Crippen molar-refractivity contribution in [1.29, 1.82) is 0 Å². The Morgan fingerprint density at radius 3 is 1.58 bits per heavy atom. The van der Waals surface area contributed by atoms with E-state index in [0.29, 0.717) is 12.8 Å². The lowest BCUT2D eigenvalue weighted by atomic mass is 10.0. The molecule has 0 aliphatic rings. The van der Waals surface area contributed by atoms with E-state index in [2.05, 4.69) is 43.5 Å². The minimum atomic E-state index is -4.30. The van der Waals surface area contributed by atoms with E-state index in [-0.39, 0.29) is 25.7 Å². The standard InChI is InChI=1S/C41H81N2O6P/c1-3-5-7-9-11-13-14-15-16-17-18-19-20-21-22-23-24-25-26-27-29-31-33-35-41(45)43-39(38-49-50(46,47)48-37-36-42)40(44)34-32-30-28-12-10-8-6-4-2/h14-15,17-18,39-40,44H,3-13,16,19-38,42H2,1-2H3,(H,43,45)(H,46,47)/b15-14-,18-17-. The van der Waals surface area contributed by atoms with Crippen molar-refractivity contribution in [2.45, 2.75) is 212 Å². The van der Waals surface area contributed by atoms with Crippen LogP contribution in [0.1, 0.15) is 200 Å². The van der Waals surface area contributed by atoms with Crippen molar-refractivity contribution >= 4 is 13.7 Å². The van der Waals surface area contributed by atoms with Crippen molar-refractivity contribution in [3.63, 3.8) is 0 Å². The molecular weight excluding hydrogens is 647 g/mol. The molecule has 0 heterocycles. The van der Waals surface area contributed by atoms with Gasteiger partial charge in [-0.2, -0.15) is 0 Å². The first-order valence-corrected chi connectivity index (χ1v) is 22.4. The van der Waals surface area contributed by atoms with E-state index in [0.717, 1.165) is 44.9 Å². The van der Waals surface area contributed by atoms with E-state index in [9.17, 15) is 19.4 Å². The second-order valence-corrected chi connectivity index (χ2v) is 15.7. The maximum absolute atomic E-state index is 12.7. The molecule has 0 rings (SSSR count). The number of rotatable bonds is 39. The topological polar surface area (TPSA) is 131 Å². The van der Waals surface area contributed by atoms with Crippen molar-refractivity contribution < 1.29 is 28.4 Å². The number of allylic oxidation sites excluding steroid dienone is 4. The molecule has 5 N–H and O–H groups in total. The number of unbranched alkanes of at least 4 members (excludes halogenated alkanes) is 23. The maximum atomic E-state index is 12.7. The fourth-order valence-corrected chi connectivity index (χ4v) is 6.87. The number of aliphatic hydroxyl groups excluding tert-OH is 1. The van der Waals surface area contributed by atoms with Crippen LogP contribution >= 0.6 is 7.82 Å². The monoisotopic (exact) mass is 729 g/mol. The molecule has 0 aromatic carbocycles. The molecule has 296 valence electrons. The van der Waals surface area contributed by atoms with Gasteiger partial charge < -0.3 is 21.1 Å². The van der Waals surface area contributed by atoms with Gasteiger partial charge in [-0.1, -0.05) is 173 Å². The Hall–Kier alpha value is -1.02. The molecule has 0 saturated heterocycles. The molecule has 0 bridgehead atoms. The van der Waals surface area contributed by atoms with Crippen molar-refractivity contribution in [1.82, 2.24) is 5.32 Å². The minimum Gasteiger partial charge on any atom is -0.391 e. The number of hydrogen-bond acceptors (Lipinski definition) is 6. The SMILES string of the molecule is CCCCCCC/C=C\C/C=C\CCCCCCCCCCCCCC(=O)NC(COP(=O)(O)OCCN)C(O)CCCCCCCCCC. The Labute approximate surface area is 308 Å². The Bertz CT molecular complexity index is 840. The Morgan fingerprint density at radius 2 is 1.10 bits per heavy atom. The van der Waals surface area contributed by atoms with Crippen LogP contribution in [0.4, 0.5) is 0 Å². The summed E-state index contributed by atoms with van der Waals surface area (Å²) in [5.74, 6) is -0.167. The molecule has 8 nitrogen and oxygen atoms in total. The highest BCUT2D eigenvalue weighted by atomic mass is 31.2. The van der Waals surface area contributed by atoms with Gasteiger partial charge in [-0.25, -0.2) is 4.57 Å². The number of hydrogen-bond donors (Lipinski definition) is 4. The predicted octanol–water partition coefficient (Wildman–Crippen LogP) is 11.4. The Balaban J connectivity index is 3.99. The molecule has 0 aliphatic heterocycles. The Morgan fingerprint density at radius 1 is 0.660 bits per heavy atom. The third kappa shape index (κ3) is 35.4. The van der Waals surface area contributed by atoms with Gasteiger partial charge in [0.1, 0.15) is 0 Å². The van der Waals surface area contributed by atoms with Gasteiger partial charge in [0.2, 0.25) is 5.91 Å². The summed E-state index contributed by atoms with van der Waals surface area (Å²) >= 11 is 0. The summed E-state index contributed by atoms with van der Waals surface area (Å²) in [4.78, 5) is 22.6. The van der Waals surface area contributed by atoms with Crippen LogP contribution in [-0.2, 0) is 18.4 Å². The molecule has 0 radical (unpaired) electrons. The highest BCUT2D eigenvalue weighted by Gasteiger charge is 2.27. The first-order chi connectivity index (χ1) is 24.4. The van der Waals surface area contributed by atoms with Gasteiger partial charge in [-0.05, 0) is 44.9 Å². The minimum absolute atomic E-state index is 0.0887. The predicted molar refractivity (Wildman–Crippen MR) is 212 cm³/mol. The van der Waals surface area contributed by atoms with Gasteiger partial charge in [-0.15, -0.1) is 0 Å². The number of nitrogens with two attached hydrogens (primary N) is 1. The van der Waals surface area contributed by atoms with Crippen molar-refractivity contribution in [3.8, 4) is 0 Å². The van der Waals surface area contributed by atoms with Crippen molar-refractivity contribution in [2.75, 3.05) is 19.8 Å². The van der Waals surface area contributed by atoms with Crippen LogP contribution in [0.3, 0.4) is 0 Å². The first kappa shape index (κ1) is 49.0. The second kappa shape index (κ2) is 37.7. The molecule has 1 amide bonds. The lowest BCUT2D eigenvalue weighted by Crippen LogP contribution is -2.46. The first-order valence-electron chi connectivity index (χ1n) is 21.0. The van der Waals surface area contributed by atoms with Gasteiger partial charge in [0.05, 0.1) is 25.4 Å². The number of nitrogens with one attached hydrogen (secondary N) is 1. The quantitative estimate of drug-likeness (QED) is 0.0281. The van der Waals surface area contributed by atoms with Crippen LogP contribution < -0.4 is 11.1 Å². The molecule has 3 atom stereocenters. The average Bonchev–Trinajstić information content (AvgIpc) is 3.10. The normalized spacial score (nSPS) is 14.4. The van der Waals surface area contributed by atoms with E-state index in [1.165, 1.54) is 128 Å². The molecule has 0 aromatic rings. The van der Waals surface area contributed by atoms with Crippen molar-refractivity contribution in [2.24, 2.45) is 5.73 Å². The smallest absolute Gasteiger partial charge is 0.391 e. The summed E-state index contributed by atoms with van der Waals surface area (Å²) in [7, 11) is -4.30. The van der Waals surface area contributed by atoms with E-state index in [1.807, 2.05) is 0 Å². The molecule has 0 fully saturated rings. The highest BCUT2D eigenvalue weighted by Crippen LogP contribution is 2.43. The van der Waals surface area contributed by atoms with Crippen LogP contribution in [0.15, 0.2) is 24.3 Å². The van der Waals surface area contributed by atoms with Gasteiger partial charge in [0.25, 0.3) is 0 Å². The second-order valence-electron chi connectivity index (χ2n) is 14.2. The third-order valence-corrected chi connectivity index (χ3v) is 10.3. The molecule has 9 heteroatoms. The molecule has 0 spiro atoms. The number of aliphatic hydroxyl groups is 1. The lowest BCUT2D eigenvalue weighted by Gasteiger charge is -2.25. The van der Waals surface area contributed by atoms with Crippen LogP contribution in [-0.4, -0.2) is 47.8 Å². The fraction of sp³-hybridized carbons (Fsp3) is 0.878. The molecule has 0 aromatic heterocycles. The molecule has 0 aliphatic carbocycles. The third-order valence-electron chi connectivity index (χ3n) is 9.31. The van der Waals surface area contributed by atoms with Crippen LogP contribution in [0.25, 0.3) is 0 Å². The average molecular weight is 729 g/mol. The van der Waals surface area contributed by atoms with Gasteiger partial charge >= 0.3 is 7.82 Å².